The Morgan fingerprint density at radius 2 is 0.551 bits per heavy atom. The van der Waals surface area contributed by atoms with Gasteiger partial charge in [-0.3, -0.25) is 0 Å². The van der Waals surface area contributed by atoms with Crippen LogP contribution in [0.2, 0.25) is 0 Å². The lowest BCUT2D eigenvalue weighted by atomic mass is 9.33. The van der Waals surface area contributed by atoms with E-state index in [1.165, 1.54) is 27.8 Å². The second kappa shape index (κ2) is 33.5. The summed E-state index contributed by atoms with van der Waals surface area (Å²) in [7, 11) is 0. The minimum absolute atomic E-state index is 0.0347. The maximum atomic E-state index is 12.0. The Bertz CT molecular complexity index is 7570. The van der Waals surface area contributed by atoms with Crippen molar-refractivity contribution in [2.75, 3.05) is 9.80 Å². The fourth-order valence-corrected chi connectivity index (χ4v) is 20.1. The molecule has 0 radical (unpaired) electrons. The molecule has 0 spiro atoms. The Labute approximate surface area is 847 Å². The summed E-state index contributed by atoms with van der Waals surface area (Å²) in [4.78, 5) is 4.93. The van der Waals surface area contributed by atoms with Crippen LogP contribution in [-0.2, 0) is 75.8 Å². The molecule has 0 N–H and O–H groups in total. The van der Waals surface area contributed by atoms with Crippen molar-refractivity contribution in [3.05, 3.63) is 308 Å². The number of nitrogens with zero attached hydrogens (tertiary/aromatic N) is 3. The van der Waals surface area contributed by atoms with Crippen LogP contribution in [0.4, 0.5) is 34.1 Å². The van der Waals surface area contributed by atoms with Crippen LogP contribution in [0, 0.1) is 0 Å². The number of hydrogen-bond acceptors (Lipinski definition) is 2. The van der Waals surface area contributed by atoms with Gasteiger partial charge in [-0.15, -0.1) is 0 Å². The third-order valence-electron chi connectivity index (χ3n) is 29.2. The lowest BCUT2D eigenvalue weighted by Crippen LogP contribution is -2.61. The van der Waals surface area contributed by atoms with Gasteiger partial charge >= 0.3 is 0 Å². The summed E-state index contributed by atoms with van der Waals surface area (Å²) in [6, 6.07) is 67.4. The van der Waals surface area contributed by atoms with Crippen molar-refractivity contribution in [1.82, 2.24) is 4.57 Å². The number of benzene rings is 13. The number of rotatable bonds is 9. The molecule has 2 aliphatic heterocycles. The Hall–Kier alpha value is -10.7. The van der Waals surface area contributed by atoms with Crippen LogP contribution >= 0.6 is 0 Å². The van der Waals surface area contributed by atoms with E-state index in [4.69, 9.17) is 0 Å². The largest absolute Gasteiger partial charge is 0.310 e. The fraction of sp³-hybridized carbons (Fsp3) is 0.418. The monoisotopic (exact) mass is 1840 g/mol. The van der Waals surface area contributed by atoms with Gasteiger partial charge < -0.3 is 14.4 Å². The molecule has 3 nitrogen and oxygen atoms in total. The average Bonchev–Trinajstić information content (AvgIpc) is 0.976. The van der Waals surface area contributed by atoms with Gasteiger partial charge in [0.2, 0.25) is 0 Å². The van der Waals surface area contributed by atoms with Crippen LogP contribution in [0.25, 0.3) is 94.3 Å². The van der Waals surface area contributed by atoms with Gasteiger partial charge in [-0.1, -0.05) is 442 Å². The summed E-state index contributed by atoms with van der Waals surface area (Å²) < 4.78 is 103. The minimum Gasteiger partial charge on any atom is -0.310 e. The van der Waals surface area contributed by atoms with E-state index in [2.05, 4.69) is 398 Å². The third kappa shape index (κ3) is 19.0. The van der Waals surface area contributed by atoms with E-state index in [0.29, 0.717) is 22.5 Å². The molecule has 138 heavy (non-hydrogen) atoms. The maximum Gasteiger partial charge on any atom is 0.252 e. The molecule has 0 bridgehead atoms. The molecular weight excluding hydrogens is 1660 g/mol. The molecule has 0 saturated heterocycles. The number of hydrogen-bond donors (Lipinski definition) is 0. The van der Waals surface area contributed by atoms with Crippen molar-refractivity contribution < 1.29 is 12.3 Å². The molecule has 13 aromatic carbocycles. The molecule has 1 aromatic heterocycles. The van der Waals surface area contributed by atoms with Crippen LogP contribution in [0.15, 0.2) is 230 Å². The molecule has 16 rings (SSSR count). The first-order valence-electron chi connectivity index (χ1n) is 55.4. The van der Waals surface area contributed by atoms with Crippen molar-refractivity contribution in [2.45, 2.75) is 367 Å². The number of anilines is 6. The summed E-state index contributed by atoms with van der Waals surface area (Å²) in [5.74, 6) is 0. The number of fused-ring (bicyclic) bond motifs is 7. The lowest BCUT2D eigenvalue weighted by molar-refractivity contribution is 0.568. The fourth-order valence-electron chi connectivity index (χ4n) is 20.1. The molecule has 718 valence electrons. The van der Waals surface area contributed by atoms with Crippen LogP contribution < -0.4 is 26.2 Å². The van der Waals surface area contributed by atoms with Crippen LogP contribution in [0.3, 0.4) is 0 Å². The van der Waals surface area contributed by atoms with Crippen molar-refractivity contribution in [3.8, 4) is 72.4 Å². The first kappa shape index (κ1) is 88.7. The van der Waals surface area contributed by atoms with Crippen LogP contribution in [0.1, 0.15) is 381 Å². The van der Waals surface area contributed by atoms with E-state index in [1.807, 2.05) is 83.1 Å². The number of aromatic nitrogens is 1. The minimum atomic E-state index is -1.09. The molecule has 14 aromatic rings. The van der Waals surface area contributed by atoms with Crippen LogP contribution in [0.5, 0.6) is 0 Å². The quantitative estimate of drug-likeness (QED) is 0.133. The topological polar surface area (TPSA) is 11.4 Å². The zero-order valence-electron chi connectivity index (χ0n) is 101. The molecule has 0 unspecified atom stereocenters. The highest BCUT2D eigenvalue weighted by molar-refractivity contribution is 7.00. The van der Waals surface area contributed by atoms with Gasteiger partial charge in [0.25, 0.3) is 6.71 Å². The van der Waals surface area contributed by atoms with Gasteiger partial charge in [-0.2, -0.15) is 0 Å². The molecule has 0 amide bonds. The Morgan fingerprint density at radius 1 is 0.203 bits per heavy atom. The molecular formula is C134H164BN3. The second-order valence-electron chi connectivity index (χ2n) is 55.2. The van der Waals surface area contributed by atoms with E-state index in [0.717, 1.165) is 133 Å². The molecule has 4 heteroatoms. The second-order valence-corrected chi connectivity index (χ2v) is 55.2. The van der Waals surface area contributed by atoms with Gasteiger partial charge in [0, 0.05) is 61.5 Å². The lowest BCUT2D eigenvalue weighted by Gasteiger charge is -2.46. The highest BCUT2D eigenvalue weighted by Crippen LogP contribution is 2.59. The highest BCUT2D eigenvalue weighted by Gasteiger charge is 2.48. The van der Waals surface area contributed by atoms with E-state index in [-0.39, 0.29) is 126 Å². The summed E-state index contributed by atoms with van der Waals surface area (Å²) in [5.41, 5.74) is 23.7. The zero-order valence-corrected chi connectivity index (χ0v) is 92.2. The van der Waals surface area contributed by atoms with Gasteiger partial charge in [0.1, 0.15) is 0 Å². The van der Waals surface area contributed by atoms with Crippen LogP contribution in [-0.4, -0.2) is 11.3 Å². The average molecular weight is 1840 g/mol. The SMILES string of the molecule is [2H]c1c([2H])c(C(C)(C)C)c([2H])c([2H])c1-c1c([2H])c(C(C)(C)C)c([2H])c(-c2c([2H])c(C(C)(C)C)c([2H])c([2H])c2C(C)(C)C)c1N1c2cc(-c3cc(C(C)(C)C)cc(C(C)(C)C)c3)ccc2B2c3ccc(-n4c5ccc(C(C)(C)C)cc5c5cc(C(C)(C)C)ccc54)cc3N(c3c(-c4ccc(C(C)(C)C)cc4)cc(C(C)(C)C)cc3-c3ccc(C(C)(C)C)cc3C(C)(C)C)c3cc(-c4cc(C(C)(C)C)cc(C(C)(C)C)c4)cc1c32. The van der Waals surface area contributed by atoms with E-state index < -0.39 is 50.0 Å². The van der Waals surface area contributed by atoms with E-state index in [9.17, 15) is 12.3 Å². The van der Waals surface area contributed by atoms with Crippen molar-refractivity contribution in [1.29, 1.82) is 0 Å². The normalized spacial score (nSPS) is 15.0. The zero-order chi connectivity index (χ0) is 109. The molecule has 3 heterocycles. The molecule has 0 aliphatic carbocycles. The molecule has 0 atom stereocenters. The Kier molecular flexibility index (Phi) is 21.5. The van der Waals surface area contributed by atoms with E-state index >= 15 is 0 Å². The molecule has 2 aliphatic rings. The standard InChI is InChI=1S/C134H164BN3/c1-121(2,3)87-48-43-81(44-49-87)101-75-97(131(31,32)33)77-106(100-57-52-92(126(16,17)18)79-109(100)134(40,41)42)119(101)138-115-80-99(136-112-61-54-90(124(10,11)12)73-104(112)105-74-91(125(13,14)15)55-62-113(105)136)56-60-111(115)135-110-59-47-83(84-63-93(127(19,20)21)70-94(64-84)128(22,23)24)67-114(110)137(116-68-86(69-117(138)118(116)135)85-65-95(129(25,26)27)71-96(66-85)130(28,29)30)120-102(82-45-50-88(51-46-82)122(4,5)6)76-98(132(34,35)36)78-107(120)103-72-89(123(7,8)9)53-58-108(103)133(37,38)39/h43-80H,1-42H3/i45D,46D,50D,51D,53D,58D,72D,76D,78D. The van der Waals surface area contributed by atoms with Gasteiger partial charge in [0.05, 0.1) is 34.7 Å². The van der Waals surface area contributed by atoms with Gasteiger partial charge in [-0.25, -0.2) is 0 Å². The first-order chi connectivity index (χ1) is 67.0. The summed E-state index contributed by atoms with van der Waals surface area (Å²) in [6.07, 6.45) is 0. The summed E-state index contributed by atoms with van der Waals surface area (Å²) in [5, 5.41) is 2.32. The Morgan fingerprint density at radius 3 is 0.993 bits per heavy atom. The first-order valence-corrected chi connectivity index (χ1v) is 50.9. The third-order valence-corrected chi connectivity index (χ3v) is 29.2. The maximum absolute atomic E-state index is 12.0. The predicted molar refractivity (Wildman–Crippen MR) is 609 cm³/mol. The highest BCUT2D eigenvalue weighted by atomic mass is 15.2. The Balaban J connectivity index is 1.27. The predicted octanol–water partition coefficient (Wildman–Crippen LogP) is 37.0. The smallest absolute Gasteiger partial charge is 0.252 e. The van der Waals surface area contributed by atoms with Crippen molar-refractivity contribution >= 4 is 79.0 Å². The van der Waals surface area contributed by atoms with Gasteiger partial charge in [-0.05, 0) is 293 Å². The summed E-state index contributed by atoms with van der Waals surface area (Å²) in [6.45, 7) is 92.2. The van der Waals surface area contributed by atoms with Gasteiger partial charge in [0.15, 0.2) is 0 Å². The van der Waals surface area contributed by atoms with Crippen molar-refractivity contribution in [2.24, 2.45) is 0 Å². The summed E-state index contributed by atoms with van der Waals surface area (Å²) >= 11 is 0. The molecule has 0 fully saturated rings. The van der Waals surface area contributed by atoms with E-state index in [1.54, 1.807) is 0 Å². The van der Waals surface area contributed by atoms with Crippen molar-refractivity contribution in [3.63, 3.8) is 0 Å². The molecule has 0 saturated carbocycles.